The first kappa shape index (κ1) is 22.5. The molecule has 0 atom stereocenters. The summed E-state index contributed by atoms with van der Waals surface area (Å²) in [5.41, 5.74) is 2.97. The van der Waals surface area contributed by atoms with Crippen LogP contribution in [0.2, 0.25) is 0 Å². The van der Waals surface area contributed by atoms with Gasteiger partial charge in [-0.2, -0.15) is 0 Å². The van der Waals surface area contributed by atoms with E-state index in [0.717, 1.165) is 22.7 Å². The molecule has 1 fully saturated rings. The molecule has 160 valence electrons. The SMILES string of the molecule is CCN1C(=S)O/C(=C\c2ccc(-c3ccc(OC(C)(C)C(C)(C)C)cc3)n2C)C1=S. The minimum atomic E-state index is -0.272. The van der Waals surface area contributed by atoms with E-state index in [1.54, 1.807) is 0 Å². The Kier molecular flexibility index (Phi) is 6.12. The molecule has 0 radical (unpaired) electrons. The molecule has 30 heavy (non-hydrogen) atoms. The van der Waals surface area contributed by atoms with E-state index in [1.165, 1.54) is 0 Å². The van der Waals surface area contributed by atoms with E-state index in [9.17, 15) is 0 Å². The lowest BCUT2D eigenvalue weighted by molar-refractivity contribution is 0.000821. The van der Waals surface area contributed by atoms with Crippen molar-refractivity contribution in [1.29, 1.82) is 0 Å². The highest BCUT2D eigenvalue weighted by Gasteiger charge is 2.35. The first-order valence-electron chi connectivity index (χ1n) is 10.1. The van der Waals surface area contributed by atoms with Gasteiger partial charge in [-0.15, -0.1) is 0 Å². The topological polar surface area (TPSA) is 26.6 Å². The van der Waals surface area contributed by atoms with Crippen molar-refractivity contribution in [3.8, 4) is 17.0 Å². The lowest BCUT2D eigenvalue weighted by Crippen LogP contribution is -2.42. The van der Waals surface area contributed by atoms with Crippen LogP contribution in [0.5, 0.6) is 5.75 Å². The van der Waals surface area contributed by atoms with E-state index in [4.69, 9.17) is 33.9 Å². The van der Waals surface area contributed by atoms with E-state index in [2.05, 4.69) is 63.5 Å². The quantitative estimate of drug-likeness (QED) is 0.406. The summed E-state index contributed by atoms with van der Waals surface area (Å²) in [5.74, 6) is 1.49. The van der Waals surface area contributed by atoms with Gasteiger partial charge in [0.15, 0.2) is 10.7 Å². The van der Waals surface area contributed by atoms with Crippen LogP contribution in [-0.4, -0.2) is 31.8 Å². The van der Waals surface area contributed by atoms with Crippen LogP contribution in [0.1, 0.15) is 47.2 Å². The van der Waals surface area contributed by atoms with Gasteiger partial charge in [0, 0.05) is 36.5 Å². The van der Waals surface area contributed by atoms with Crippen molar-refractivity contribution in [2.45, 2.75) is 47.1 Å². The molecule has 0 amide bonds. The second-order valence-corrected chi connectivity index (χ2v) is 9.75. The first-order valence-corrected chi connectivity index (χ1v) is 11.0. The van der Waals surface area contributed by atoms with Gasteiger partial charge >= 0.3 is 0 Å². The largest absolute Gasteiger partial charge is 0.487 e. The van der Waals surface area contributed by atoms with Crippen molar-refractivity contribution in [2.24, 2.45) is 12.5 Å². The van der Waals surface area contributed by atoms with Crippen molar-refractivity contribution < 1.29 is 9.47 Å². The summed E-state index contributed by atoms with van der Waals surface area (Å²) >= 11 is 10.7. The average molecular weight is 443 g/mol. The van der Waals surface area contributed by atoms with Gasteiger partial charge in [-0.1, -0.05) is 33.0 Å². The van der Waals surface area contributed by atoms with E-state index >= 15 is 0 Å². The van der Waals surface area contributed by atoms with Crippen LogP contribution in [0, 0.1) is 5.41 Å². The highest BCUT2D eigenvalue weighted by atomic mass is 32.1. The van der Waals surface area contributed by atoms with Gasteiger partial charge in [-0.05, 0) is 75.0 Å². The van der Waals surface area contributed by atoms with Crippen LogP contribution in [0.15, 0.2) is 42.2 Å². The average Bonchev–Trinajstić information content (AvgIpc) is 3.14. The summed E-state index contributed by atoms with van der Waals surface area (Å²) in [6.45, 7) is 13.5. The molecule has 0 spiro atoms. The Morgan fingerprint density at radius 3 is 2.17 bits per heavy atom. The van der Waals surface area contributed by atoms with Gasteiger partial charge in [-0.25, -0.2) is 0 Å². The molecule has 2 heterocycles. The highest BCUT2D eigenvalue weighted by molar-refractivity contribution is 7.82. The molecule has 2 aromatic rings. The van der Waals surface area contributed by atoms with Crippen LogP contribution >= 0.6 is 24.4 Å². The summed E-state index contributed by atoms with van der Waals surface area (Å²) < 4.78 is 14.1. The fourth-order valence-electron chi connectivity index (χ4n) is 3.01. The molecule has 1 aromatic carbocycles. The number of likely N-dealkylation sites (N-methyl/N-ethyl adjacent to an activating group) is 1. The van der Waals surface area contributed by atoms with Crippen molar-refractivity contribution in [2.75, 3.05) is 6.54 Å². The molecule has 3 rings (SSSR count). The van der Waals surface area contributed by atoms with Gasteiger partial charge in [0.25, 0.3) is 5.17 Å². The predicted molar refractivity (Wildman–Crippen MR) is 132 cm³/mol. The molecule has 4 nitrogen and oxygen atoms in total. The predicted octanol–water partition coefficient (Wildman–Crippen LogP) is 6.20. The van der Waals surface area contributed by atoms with Crippen molar-refractivity contribution in [1.82, 2.24) is 9.47 Å². The zero-order valence-electron chi connectivity index (χ0n) is 18.8. The van der Waals surface area contributed by atoms with Crippen LogP contribution in [-0.2, 0) is 11.8 Å². The lowest BCUT2D eigenvalue weighted by atomic mass is 9.79. The number of benzene rings is 1. The molecule has 0 saturated carbocycles. The molecule has 6 heteroatoms. The maximum atomic E-state index is 6.26. The molecule has 0 unspecified atom stereocenters. The fourth-order valence-corrected chi connectivity index (χ4v) is 3.69. The Morgan fingerprint density at radius 1 is 1.00 bits per heavy atom. The van der Waals surface area contributed by atoms with Crippen LogP contribution in [0.4, 0.5) is 0 Å². The summed E-state index contributed by atoms with van der Waals surface area (Å²) in [6.07, 6.45) is 1.94. The van der Waals surface area contributed by atoms with Crippen LogP contribution in [0.3, 0.4) is 0 Å². The first-order chi connectivity index (χ1) is 13.9. The third-order valence-electron chi connectivity index (χ3n) is 5.96. The Hall–Kier alpha value is -2.18. The third kappa shape index (κ3) is 4.30. The molecule has 1 aromatic heterocycles. The molecule has 0 N–H and O–H groups in total. The van der Waals surface area contributed by atoms with Gasteiger partial charge in [0.1, 0.15) is 11.4 Å². The number of nitrogens with zero attached hydrogens (tertiary/aromatic N) is 2. The molecule has 1 saturated heterocycles. The second kappa shape index (κ2) is 8.16. The third-order valence-corrected chi connectivity index (χ3v) is 6.68. The molecular formula is C24H30N2O2S2. The Balaban J connectivity index is 1.82. The molecule has 0 bridgehead atoms. The Labute approximate surface area is 190 Å². The van der Waals surface area contributed by atoms with Gasteiger partial charge in [-0.3, -0.25) is 4.90 Å². The van der Waals surface area contributed by atoms with Crippen molar-refractivity contribution in [3.63, 3.8) is 0 Å². The summed E-state index contributed by atoms with van der Waals surface area (Å²) in [5, 5.41) is 0.414. The number of thiocarbonyl (C=S) groups is 2. The van der Waals surface area contributed by atoms with E-state index in [0.29, 0.717) is 22.5 Å². The monoisotopic (exact) mass is 442 g/mol. The van der Waals surface area contributed by atoms with Gasteiger partial charge < -0.3 is 14.0 Å². The summed E-state index contributed by atoms with van der Waals surface area (Å²) in [7, 11) is 2.03. The molecular weight excluding hydrogens is 412 g/mol. The van der Waals surface area contributed by atoms with Gasteiger partial charge in [0.05, 0.1) is 0 Å². The zero-order valence-corrected chi connectivity index (χ0v) is 20.4. The summed E-state index contributed by atoms with van der Waals surface area (Å²) in [4.78, 5) is 2.45. The maximum Gasteiger partial charge on any atom is 0.270 e. The smallest absolute Gasteiger partial charge is 0.270 e. The van der Waals surface area contributed by atoms with E-state index in [-0.39, 0.29) is 11.0 Å². The number of rotatable bonds is 5. The van der Waals surface area contributed by atoms with Crippen molar-refractivity contribution in [3.05, 3.63) is 47.9 Å². The molecule has 0 aliphatic carbocycles. The standard InChI is InChI=1S/C24H30N2O2S2/c1-8-26-21(29)20(27-22(26)30)15-17-11-14-19(25(17)7)16-9-12-18(13-10-16)28-24(5,6)23(2,3)4/h9-15H,8H2,1-7H3/b20-15-. The number of hydrogen-bond acceptors (Lipinski definition) is 4. The number of ether oxygens (including phenoxy) is 2. The highest BCUT2D eigenvalue weighted by Crippen LogP contribution is 2.35. The normalized spacial score (nSPS) is 16.4. The van der Waals surface area contributed by atoms with Crippen LogP contribution in [0.25, 0.3) is 17.3 Å². The number of hydrogen-bond donors (Lipinski definition) is 0. The number of aromatic nitrogens is 1. The van der Waals surface area contributed by atoms with Crippen LogP contribution < -0.4 is 4.74 Å². The Morgan fingerprint density at radius 2 is 1.63 bits per heavy atom. The zero-order chi connectivity index (χ0) is 22.3. The Bertz CT molecular complexity index is 995. The minimum Gasteiger partial charge on any atom is -0.487 e. The van der Waals surface area contributed by atoms with E-state index in [1.807, 2.05) is 37.1 Å². The molecule has 1 aliphatic rings. The van der Waals surface area contributed by atoms with Gasteiger partial charge in [0.2, 0.25) is 0 Å². The maximum absolute atomic E-state index is 6.26. The fraction of sp³-hybridized carbons (Fsp3) is 0.417. The molecule has 1 aliphatic heterocycles. The second-order valence-electron chi connectivity index (χ2n) is 9.02. The minimum absolute atomic E-state index is 0.0325. The summed E-state index contributed by atoms with van der Waals surface area (Å²) in [6, 6.07) is 12.4. The lowest BCUT2D eigenvalue weighted by Gasteiger charge is -2.39. The van der Waals surface area contributed by atoms with E-state index < -0.39 is 0 Å². The van der Waals surface area contributed by atoms with Crippen molar-refractivity contribution >= 4 is 40.7 Å².